The van der Waals surface area contributed by atoms with E-state index in [1.165, 1.54) is 5.56 Å². The Morgan fingerprint density at radius 2 is 1.92 bits per heavy atom. The number of hydrogen-bond acceptors (Lipinski definition) is 2. The summed E-state index contributed by atoms with van der Waals surface area (Å²) < 4.78 is 0. The Balaban J connectivity index is 1.70. The van der Waals surface area contributed by atoms with Crippen LogP contribution in [0.3, 0.4) is 0 Å². The number of fused-ring (bicyclic) bond motifs is 1. The van der Waals surface area contributed by atoms with E-state index in [4.69, 9.17) is 0 Å². The molecule has 136 valence electrons. The topological polar surface area (TPSA) is 70.2 Å². The summed E-state index contributed by atoms with van der Waals surface area (Å²) in [6.45, 7) is 8.27. The molecule has 0 aliphatic carbocycles. The van der Waals surface area contributed by atoms with E-state index in [0.717, 1.165) is 16.8 Å². The first-order valence-corrected chi connectivity index (χ1v) is 8.87. The first kappa shape index (κ1) is 18.0. The fraction of sp³-hybridized carbons (Fsp3) is 0.333. The van der Waals surface area contributed by atoms with Gasteiger partial charge in [0.15, 0.2) is 0 Å². The van der Waals surface area contributed by atoms with E-state index in [9.17, 15) is 9.59 Å². The van der Waals surface area contributed by atoms with Crippen molar-refractivity contribution in [3.8, 4) is 0 Å². The van der Waals surface area contributed by atoms with Crippen LogP contribution in [0.2, 0.25) is 0 Å². The minimum Gasteiger partial charge on any atom is -0.329 e. The van der Waals surface area contributed by atoms with Gasteiger partial charge < -0.3 is 16.0 Å². The molecule has 0 fully saturated rings. The minimum absolute atomic E-state index is 0.0206. The normalized spacial score (nSPS) is 13.3. The Morgan fingerprint density at radius 1 is 1.15 bits per heavy atom. The molecule has 3 N–H and O–H groups in total. The van der Waals surface area contributed by atoms with Crippen molar-refractivity contribution in [3.63, 3.8) is 0 Å². The van der Waals surface area contributed by atoms with Gasteiger partial charge >= 0.3 is 6.03 Å². The monoisotopic (exact) mass is 351 g/mol. The summed E-state index contributed by atoms with van der Waals surface area (Å²) in [7, 11) is 0. The van der Waals surface area contributed by atoms with Crippen LogP contribution in [-0.4, -0.2) is 11.9 Å². The summed E-state index contributed by atoms with van der Waals surface area (Å²) in [6, 6.07) is 13.5. The molecule has 5 heteroatoms. The van der Waals surface area contributed by atoms with Crippen LogP contribution in [0.5, 0.6) is 0 Å². The Labute approximate surface area is 154 Å². The molecule has 3 amide bonds. The van der Waals surface area contributed by atoms with Gasteiger partial charge in [-0.3, -0.25) is 4.79 Å². The number of carbonyl (C=O) groups is 2. The van der Waals surface area contributed by atoms with Gasteiger partial charge in [0.1, 0.15) is 0 Å². The average Bonchev–Trinajstić information content (AvgIpc) is 2.93. The van der Waals surface area contributed by atoms with Crippen LogP contribution in [-0.2, 0) is 16.8 Å². The van der Waals surface area contributed by atoms with Crippen molar-refractivity contribution in [2.24, 2.45) is 0 Å². The number of anilines is 2. The molecule has 0 spiro atoms. The average molecular weight is 351 g/mol. The van der Waals surface area contributed by atoms with Crippen molar-refractivity contribution in [1.29, 1.82) is 0 Å². The number of carbonyl (C=O) groups excluding carboxylic acids is 2. The molecule has 0 saturated carbocycles. The SMILES string of the molecule is CC(C)c1cccc(C(C)(C)NC(=O)Nc2ccc3c(c2)NC(=O)C3)c1. The largest absolute Gasteiger partial charge is 0.329 e. The van der Waals surface area contributed by atoms with E-state index in [1.807, 2.05) is 38.1 Å². The molecule has 26 heavy (non-hydrogen) atoms. The van der Waals surface area contributed by atoms with Crippen molar-refractivity contribution >= 4 is 23.3 Å². The predicted molar refractivity (Wildman–Crippen MR) is 104 cm³/mol. The van der Waals surface area contributed by atoms with Gasteiger partial charge in [0.2, 0.25) is 5.91 Å². The van der Waals surface area contributed by atoms with Gasteiger partial charge in [0, 0.05) is 11.4 Å². The van der Waals surface area contributed by atoms with Gasteiger partial charge in [-0.2, -0.15) is 0 Å². The van der Waals surface area contributed by atoms with E-state index < -0.39 is 5.54 Å². The van der Waals surface area contributed by atoms with E-state index in [2.05, 4.69) is 41.9 Å². The molecule has 1 aliphatic rings. The first-order valence-electron chi connectivity index (χ1n) is 8.87. The quantitative estimate of drug-likeness (QED) is 0.766. The molecule has 1 heterocycles. The number of amides is 3. The van der Waals surface area contributed by atoms with Gasteiger partial charge in [-0.05, 0) is 48.6 Å². The van der Waals surface area contributed by atoms with Crippen molar-refractivity contribution < 1.29 is 9.59 Å². The van der Waals surface area contributed by atoms with Gasteiger partial charge in [-0.15, -0.1) is 0 Å². The van der Waals surface area contributed by atoms with E-state index >= 15 is 0 Å². The van der Waals surface area contributed by atoms with Crippen LogP contribution < -0.4 is 16.0 Å². The minimum atomic E-state index is -0.514. The standard InChI is InChI=1S/C21H25N3O2/c1-13(2)14-6-5-7-16(10-14)21(3,4)24-20(26)22-17-9-8-15-11-19(25)23-18(15)12-17/h5-10,12-13H,11H2,1-4H3,(H,23,25)(H2,22,24,26). The number of urea groups is 1. The third-order valence-corrected chi connectivity index (χ3v) is 4.69. The van der Waals surface area contributed by atoms with Crippen molar-refractivity contribution in [2.45, 2.75) is 45.6 Å². The molecular weight excluding hydrogens is 326 g/mol. The van der Waals surface area contributed by atoms with Gasteiger partial charge in [0.25, 0.3) is 0 Å². The summed E-state index contributed by atoms with van der Waals surface area (Å²) in [4.78, 5) is 23.9. The second kappa shape index (κ2) is 6.83. The maximum absolute atomic E-state index is 12.5. The van der Waals surface area contributed by atoms with Gasteiger partial charge in [-0.25, -0.2) is 4.79 Å². The molecule has 0 radical (unpaired) electrons. The zero-order valence-corrected chi connectivity index (χ0v) is 15.6. The number of nitrogens with one attached hydrogen (secondary N) is 3. The Hall–Kier alpha value is -2.82. The van der Waals surface area contributed by atoms with Crippen molar-refractivity contribution in [3.05, 3.63) is 59.2 Å². The van der Waals surface area contributed by atoms with Crippen LogP contribution >= 0.6 is 0 Å². The third kappa shape index (κ3) is 3.87. The lowest BCUT2D eigenvalue weighted by Gasteiger charge is -2.28. The number of rotatable bonds is 4. The van der Waals surface area contributed by atoms with Crippen molar-refractivity contribution in [2.75, 3.05) is 10.6 Å². The third-order valence-electron chi connectivity index (χ3n) is 4.69. The zero-order chi connectivity index (χ0) is 18.9. The van der Waals surface area contributed by atoms with Crippen LogP contribution in [0, 0.1) is 0 Å². The molecule has 2 aromatic carbocycles. The van der Waals surface area contributed by atoms with E-state index in [0.29, 0.717) is 18.0 Å². The maximum Gasteiger partial charge on any atom is 0.319 e. The highest BCUT2D eigenvalue weighted by Gasteiger charge is 2.24. The van der Waals surface area contributed by atoms with E-state index in [1.54, 1.807) is 6.07 Å². The van der Waals surface area contributed by atoms with E-state index in [-0.39, 0.29) is 11.9 Å². The predicted octanol–water partition coefficient (Wildman–Crippen LogP) is 4.36. The molecule has 0 unspecified atom stereocenters. The highest BCUT2D eigenvalue weighted by Crippen LogP contribution is 2.27. The van der Waals surface area contributed by atoms with Crippen LogP contribution in [0.4, 0.5) is 16.2 Å². The lowest BCUT2D eigenvalue weighted by atomic mass is 9.90. The van der Waals surface area contributed by atoms with Crippen molar-refractivity contribution in [1.82, 2.24) is 5.32 Å². The summed E-state index contributed by atoms with van der Waals surface area (Å²) >= 11 is 0. The lowest BCUT2D eigenvalue weighted by Crippen LogP contribution is -2.43. The zero-order valence-electron chi connectivity index (χ0n) is 15.6. The Kier molecular flexibility index (Phi) is 4.72. The summed E-state index contributed by atoms with van der Waals surface area (Å²) in [5, 5.41) is 8.67. The molecular formula is C21H25N3O2. The smallest absolute Gasteiger partial charge is 0.319 e. The summed E-state index contributed by atoms with van der Waals surface area (Å²) in [5.74, 6) is 0.411. The summed E-state index contributed by atoms with van der Waals surface area (Å²) in [5.41, 5.74) is 4.14. The molecule has 2 aromatic rings. The van der Waals surface area contributed by atoms with Crippen LogP contribution in [0.1, 0.15) is 50.3 Å². The second-order valence-corrected chi connectivity index (χ2v) is 7.58. The number of benzene rings is 2. The first-order chi connectivity index (χ1) is 12.2. The molecule has 0 aromatic heterocycles. The Bertz CT molecular complexity index is 856. The number of hydrogen-bond donors (Lipinski definition) is 3. The molecule has 0 atom stereocenters. The molecule has 1 aliphatic heterocycles. The molecule has 0 bridgehead atoms. The van der Waals surface area contributed by atoms with Crippen LogP contribution in [0.25, 0.3) is 0 Å². The Morgan fingerprint density at radius 3 is 2.65 bits per heavy atom. The highest BCUT2D eigenvalue weighted by molar-refractivity contribution is 6.00. The molecule has 5 nitrogen and oxygen atoms in total. The van der Waals surface area contributed by atoms with Crippen LogP contribution in [0.15, 0.2) is 42.5 Å². The summed E-state index contributed by atoms with van der Waals surface area (Å²) in [6.07, 6.45) is 0.390. The maximum atomic E-state index is 12.5. The highest BCUT2D eigenvalue weighted by atomic mass is 16.2. The molecule has 3 rings (SSSR count). The van der Waals surface area contributed by atoms with Gasteiger partial charge in [0.05, 0.1) is 12.0 Å². The second-order valence-electron chi connectivity index (χ2n) is 7.58. The van der Waals surface area contributed by atoms with Gasteiger partial charge in [-0.1, -0.05) is 44.2 Å². The fourth-order valence-electron chi connectivity index (χ4n) is 3.10. The molecule has 0 saturated heterocycles. The lowest BCUT2D eigenvalue weighted by molar-refractivity contribution is -0.115. The fourth-order valence-corrected chi connectivity index (χ4v) is 3.10.